The number of hydrazine groups is 1. The molecule has 1 heterocycles. The number of hydrogen-bond acceptors (Lipinski definition) is 4. The standard InChI is InChI=1S/C15H20N2O2/c1-10-4-5-12-11(8-10)9-13(19-12)14(17-16)15(18-2)6-3-7-15/h4-5,8-9,14,17H,3,6-7,16H2,1-2H3. The van der Waals surface area contributed by atoms with E-state index >= 15 is 0 Å². The Morgan fingerprint density at radius 2 is 2.16 bits per heavy atom. The molecule has 0 radical (unpaired) electrons. The molecule has 4 heteroatoms. The van der Waals surface area contributed by atoms with E-state index in [1.54, 1.807) is 7.11 Å². The Labute approximate surface area is 112 Å². The third kappa shape index (κ3) is 1.96. The lowest BCUT2D eigenvalue weighted by Gasteiger charge is -2.45. The normalized spacial score (nSPS) is 19.3. The minimum atomic E-state index is -0.225. The Balaban J connectivity index is 2.01. The number of benzene rings is 1. The lowest BCUT2D eigenvalue weighted by Crippen LogP contribution is -2.52. The molecule has 102 valence electrons. The number of furan rings is 1. The summed E-state index contributed by atoms with van der Waals surface area (Å²) in [6, 6.07) is 8.14. The van der Waals surface area contributed by atoms with E-state index in [1.165, 1.54) is 12.0 Å². The number of nitrogens with two attached hydrogens (primary N) is 1. The van der Waals surface area contributed by atoms with Crippen LogP contribution in [0.5, 0.6) is 0 Å². The van der Waals surface area contributed by atoms with Crippen LogP contribution >= 0.6 is 0 Å². The summed E-state index contributed by atoms with van der Waals surface area (Å²) in [7, 11) is 1.75. The Kier molecular flexibility index (Phi) is 3.09. The van der Waals surface area contributed by atoms with Gasteiger partial charge in [-0.1, -0.05) is 11.6 Å². The minimum Gasteiger partial charge on any atom is -0.459 e. The third-order valence-corrected chi connectivity index (χ3v) is 4.27. The van der Waals surface area contributed by atoms with Crippen molar-refractivity contribution in [3.05, 3.63) is 35.6 Å². The quantitative estimate of drug-likeness (QED) is 0.655. The van der Waals surface area contributed by atoms with Gasteiger partial charge in [-0.2, -0.15) is 0 Å². The van der Waals surface area contributed by atoms with Gasteiger partial charge in [-0.3, -0.25) is 5.84 Å². The highest BCUT2D eigenvalue weighted by Gasteiger charge is 2.46. The fourth-order valence-corrected chi connectivity index (χ4v) is 2.95. The molecule has 0 bridgehead atoms. The van der Waals surface area contributed by atoms with Gasteiger partial charge in [-0.15, -0.1) is 0 Å². The number of rotatable bonds is 4. The van der Waals surface area contributed by atoms with E-state index in [0.717, 1.165) is 29.6 Å². The highest BCUT2D eigenvalue weighted by molar-refractivity contribution is 5.78. The molecular formula is C15H20N2O2. The summed E-state index contributed by atoms with van der Waals surface area (Å²) in [5, 5.41) is 1.11. The first kappa shape index (κ1) is 12.7. The van der Waals surface area contributed by atoms with Gasteiger partial charge in [0.25, 0.3) is 0 Å². The molecule has 1 aromatic heterocycles. The summed E-state index contributed by atoms with van der Waals surface area (Å²) in [5.74, 6) is 6.59. The van der Waals surface area contributed by atoms with Gasteiger partial charge >= 0.3 is 0 Å². The fraction of sp³-hybridized carbons (Fsp3) is 0.467. The van der Waals surface area contributed by atoms with Gasteiger partial charge in [0.2, 0.25) is 0 Å². The lowest BCUT2D eigenvalue weighted by molar-refractivity contribution is -0.104. The maximum absolute atomic E-state index is 5.94. The maximum Gasteiger partial charge on any atom is 0.134 e. The van der Waals surface area contributed by atoms with E-state index in [0.29, 0.717) is 0 Å². The predicted octanol–water partition coefficient (Wildman–Crippen LogP) is 2.81. The monoisotopic (exact) mass is 260 g/mol. The summed E-state index contributed by atoms with van der Waals surface area (Å²) in [6.45, 7) is 2.08. The zero-order chi connectivity index (χ0) is 13.5. The average Bonchev–Trinajstić information content (AvgIpc) is 2.75. The van der Waals surface area contributed by atoms with Gasteiger partial charge in [0.05, 0.1) is 5.60 Å². The van der Waals surface area contributed by atoms with Crippen LogP contribution in [0.25, 0.3) is 11.0 Å². The first-order chi connectivity index (χ1) is 9.18. The van der Waals surface area contributed by atoms with Gasteiger partial charge in [0, 0.05) is 12.5 Å². The topological polar surface area (TPSA) is 60.4 Å². The number of hydrogen-bond donors (Lipinski definition) is 2. The molecule has 1 aliphatic rings. The van der Waals surface area contributed by atoms with Gasteiger partial charge in [0.15, 0.2) is 0 Å². The summed E-state index contributed by atoms with van der Waals surface area (Å²) in [5.41, 5.74) is 4.76. The first-order valence-corrected chi connectivity index (χ1v) is 6.70. The second kappa shape index (κ2) is 4.63. The predicted molar refractivity (Wildman–Crippen MR) is 74.6 cm³/mol. The van der Waals surface area contributed by atoms with Crippen LogP contribution in [-0.2, 0) is 4.74 Å². The average molecular weight is 260 g/mol. The molecule has 1 saturated carbocycles. The third-order valence-electron chi connectivity index (χ3n) is 4.27. The van der Waals surface area contributed by atoms with Crippen molar-refractivity contribution in [1.82, 2.24) is 5.43 Å². The van der Waals surface area contributed by atoms with Gasteiger partial charge in [-0.05, 0) is 44.4 Å². The number of fused-ring (bicyclic) bond motifs is 1. The summed E-state index contributed by atoms with van der Waals surface area (Å²) in [6.07, 6.45) is 3.19. The van der Waals surface area contributed by atoms with E-state index in [1.807, 2.05) is 6.07 Å². The van der Waals surface area contributed by atoms with Crippen LogP contribution in [0.15, 0.2) is 28.7 Å². The summed E-state index contributed by atoms with van der Waals surface area (Å²) >= 11 is 0. The van der Waals surface area contributed by atoms with Gasteiger partial charge in [-0.25, -0.2) is 5.43 Å². The van der Waals surface area contributed by atoms with Crippen LogP contribution in [-0.4, -0.2) is 12.7 Å². The lowest BCUT2D eigenvalue weighted by atomic mass is 9.74. The molecule has 2 aromatic rings. The van der Waals surface area contributed by atoms with E-state index in [2.05, 4.69) is 30.5 Å². The van der Waals surface area contributed by atoms with E-state index in [-0.39, 0.29) is 11.6 Å². The molecule has 1 aliphatic carbocycles. The fourth-order valence-electron chi connectivity index (χ4n) is 2.95. The van der Waals surface area contributed by atoms with E-state index in [9.17, 15) is 0 Å². The zero-order valence-corrected chi connectivity index (χ0v) is 11.4. The molecule has 0 saturated heterocycles. The van der Waals surface area contributed by atoms with Crippen molar-refractivity contribution >= 4 is 11.0 Å². The summed E-state index contributed by atoms with van der Waals surface area (Å²) in [4.78, 5) is 0. The van der Waals surface area contributed by atoms with Crippen molar-refractivity contribution in [2.45, 2.75) is 37.8 Å². The SMILES string of the molecule is COC1(C(NN)c2cc3cc(C)ccc3o2)CCC1. The van der Waals surface area contributed by atoms with Crippen molar-refractivity contribution in [2.24, 2.45) is 5.84 Å². The molecule has 0 aliphatic heterocycles. The minimum absolute atomic E-state index is 0.0982. The van der Waals surface area contributed by atoms with Gasteiger partial charge < -0.3 is 9.15 Å². The van der Waals surface area contributed by atoms with Crippen LogP contribution in [0.1, 0.15) is 36.6 Å². The molecule has 1 unspecified atom stereocenters. The van der Waals surface area contributed by atoms with Crippen LogP contribution in [0.3, 0.4) is 0 Å². The molecule has 4 nitrogen and oxygen atoms in total. The number of ether oxygens (including phenoxy) is 1. The van der Waals surface area contributed by atoms with Crippen LogP contribution < -0.4 is 11.3 Å². The van der Waals surface area contributed by atoms with Crippen molar-refractivity contribution < 1.29 is 9.15 Å². The molecule has 1 fully saturated rings. The van der Waals surface area contributed by atoms with Crippen molar-refractivity contribution in [2.75, 3.05) is 7.11 Å². The highest BCUT2D eigenvalue weighted by Crippen LogP contribution is 2.45. The molecule has 1 atom stereocenters. The highest BCUT2D eigenvalue weighted by atomic mass is 16.5. The molecule has 19 heavy (non-hydrogen) atoms. The van der Waals surface area contributed by atoms with Crippen molar-refractivity contribution in [3.63, 3.8) is 0 Å². The van der Waals surface area contributed by atoms with Crippen molar-refractivity contribution in [3.8, 4) is 0 Å². The Hall–Kier alpha value is -1.36. The molecule has 0 spiro atoms. The molecular weight excluding hydrogens is 240 g/mol. The molecule has 3 N–H and O–H groups in total. The maximum atomic E-state index is 5.94. The second-order valence-corrected chi connectivity index (χ2v) is 5.41. The second-order valence-electron chi connectivity index (χ2n) is 5.41. The Bertz CT molecular complexity index is 581. The first-order valence-electron chi connectivity index (χ1n) is 6.70. The Morgan fingerprint density at radius 3 is 2.74 bits per heavy atom. The van der Waals surface area contributed by atoms with E-state index in [4.69, 9.17) is 15.0 Å². The molecule has 1 aromatic carbocycles. The van der Waals surface area contributed by atoms with Crippen LogP contribution in [0, 0.1) is 6.92 Å². The summed E-state index contributed by atoms with van der Waals surface area (Å²) < 4.78 is 11.6. The molecule has 3 rings (SSSR count). The van der Waals surface area contributed by atoms with Gasteiger partial charge in [0.1, 0.15) is 17.4 Å². The number of methoxy groups -OCH3 is 1. The zero-order valence-electron chi connectivity index (χ0n) is 11.4. The molecule has 0 amide bonds. The largest absolute Gasteiger partial charge is 0.459 e. The van der Waals surface area contributed by atoms with E-state index < -0.39 is 0 Å². The van der Waals surface area contributed by atoms with Crippen LogP contribution in [0.2, 0.25) is 0 Å². The smallest absolute Gasteiger partial charge is 0.134 e. The van der Waals surface area contributed by atoms with Crippen molar-refractivity contribution in [1.29, 1.82) is 0 Å². The number of nitrogens with one attached hydrogen (secondary N) is 1. The van der Waals surface area contributed by atoms with Crippen LogP contribution in [0.4, 0.5) is 0 Å². The Morgan fingerprint density at radius 1 is 1.37 bits per heavy atom. The number of aryl methyl sites for hydroxylation is 1.